The van der Waals surface area contributed by atoms with Crippen molar-refractivity contribution < 1.29 is 13.3 Å². The van der Waals surface area contributed by atoms with Gasteiger partial charge in [-0.1, -0.05) is 36.9 Å². The summed E-state index contributed by atoms with van der Waals surface area (Å²) in [5, 5.41) is 3.47. The van der Waals surface area contributed by atoms with Gasteiger partial charge in [-0.15, -0.1) is 0 Å². The van der Waals surface area contributed by atoms with Gasteiger partial charge in [0.2, 0.25) is 0 Å². The molecule has 0 atom stereocenters. The highest BCUT2D eigenvalue weighted by Gasteiger charge is 2.36. The third-order valence-corrected chi connectivity index (χ3v) is 6.92. The van der Waals surface area contributed by atoms with Crippen LogP contribution in [-0.2, 0) is 19.8 Å². The molecule has 0 heterocycles. The van der Waals surface area contributed by atoms with E-state index in [2.05, 4.69) is 48.0 Å². The minimum Gasteiger partial charge on any atom is -0.377 e. The van der Waals surface area contributed by atoms with Gasteiger partial charge >= 0.3 is 8.80 Å². The molecule has 0 spiro atoms. The van der Waals surface area contributed by atoms with Crippen molar-refractivity contribution in [3.63, 3.8) is 0 Å². The zero-order chi connectivity index (χ0) is 17.8. The van der Waals surface area contributed by atoms with Gasteiger partial charge in [-0.2, -0.15) is 0 Å². The predicted octanol–water partition coefficient (Wildman–Crippen LogP) is 2.88. The first-order valence-corrected chi connectivity index (χ1v) is 10.3. The first-order valence-electron chi connectivity index (χ1n) is 8.37. The van der Waals surface area contributed by atoms with Crippen LogP contribution in [0.25, 0.3) is 0 Å². The predicted molar refractivity (Wildman–Crippen MR) is 101 cm³/mol. The summed E-state index contributed by atoms with van der Waals surface area (Å²) >= 11 is 0. The Morgan fingerprint density at radius 3 is 2.25 bits per heavy atom. The zero-order valence-corrected chi connectivity index (χ0v) is 16.5. The number of hydrogen-bond acceptors (Lipinski definition) is 5. The van der Waals surface area contributed by atoms with Crippen LogP contribution in [0.5, 0.6) is 0 Å². The van der Waals surface area contributed by atoms with Crippen LogP contribution in [0.1, 0.15) is 18.9 Å². The second-order valence-electron chi connectivity index (χ2n) is 5.79. The third-order valence-electron chi connectivity index (χ3n) is 4.08. The summed E-state index contributed by atoms with van der Waals surface area (Å²) in [7, 11) is 2.53. The van der Waals surface area contributed by atoms with Gasteiger partial charge in [-0.25, -0.2) is 0 Å². The van der Waals surface area contributed by atoms with Gasteiger partial charge in [0.05, 0.1) is 0 Å². The van der Waals surface area contributed by atoms with Crippen molar-refractivity contribution >= 4 is 8.80 Å². The number of allylic oxidation sites excluding steroid dienone is 1. The van der Waals surface area contributed by atoms with Crippen molar-refractivity contribution in [2.75, 3.05) is 41.0 Å². The molecule has 0 unspecified atom stereocenters. The molecule has 0 saturated carbocycles. The van der Waals surface area contributed by atoms with Gasteiger partial charge in [0, 0.05) is 52.7 Å². The smallest absolute Gasteiger partial charge is 0.377 e. The van der Waals surface area contributed by atoms with E-state index in [1.807, 2.05) is 6.07 Å². The SMILES string of the molecule is C=C(C)N(CCNCCC[Si](OC)(OC)OC)Cc1ccccc1. The maximum atomic E-state index is 5.43. The fraction of sp³-hybridized carbons (Fsp3) is 0.556. The largest absolute Gasteiger partial charge is 0.500 e. The lowest BCUT2D eigenvalue weighted by Crippen LogP contribution is -2.43. The Morgan fingerprint density at radius 1 is 1.08 bits per heavy atom. The lowest BCUT2D eigenvalue weighted by atomic mass is 10.2. The Kier molecular flexibility index (Phi) is 9.90. The van der Waals surface area contributed by atoms with Crippen molar-refractivity contribution in [1.29, 1.82) is 0 Å². The Labute approximate surface area is 148 Å². The number of nitrogens with zero attached hydrogens (tertiary/aromatic N) is 1. The summed E-state index contributed by atoms with van der Waals surface area (Å²) < 4.78 is 16.3. The maximum Gasteiger partial charge on any atom is 0.500 e. The van der Waals surface area contributed by atoms with Crippen LogP contribution in [0, 0.1) is 0 Å². The quantitative estimate of drug-likeness (QED) is 0.437. The Balaban J connectivity index is 2.28. The molecule has 6 heteroatoms. The molecule has 136 valence electrons. The lowest BCUT2D eigenvalue weighted by Gasteiger charge is -2.26. The monoisotopic (exact) mass is 352 g/mol. The molecule has 24 heavy (non-hydrogen) atoms. The van der Waals surface area contributed by atoms with E-state index in [0.29, 0.717) is 0 Å². The second kappa shape index (κ2) is 11.4. The molecule has 5 nitrogen and oxygen atoms in total. The molecule has 0 aliphatic carbocycles. The molecule has 0 aliphatic heterocycles. The van der Waals surface area contributed by atoms with Crippen LogP contribution in [-0.4, -0.2) is 54.7 Å². The van der Waals surface area contributed by atoms with E-state index in [4.69, 9.17) is 13.3 Å². The van der Waals surface area contributed by atoms with E-state index in [9.17, 15) is 0 Å². The Hall–Kier alpha value is -1.18. The van der Waals surface area contributed by atoms with Crippen molar-refractivity contribution in [1.82, 2.24) is 10.2 Å². The van der Waals surface area contributed by atoms with E-state index in [-0.39, 0.29) is 0 Å². The second-order valence-corrected chi connectivity index (χ2v) is 8.88. The average molecular weight is 353 g/mol. The fourth-order valence-electron chi connectivity index (χ4n) is 2.53. The highest BCUT2D eigenvalue weighted by atomic mass is 28.4. The van der Waals surface area contributed by atoms with Crippen LogP contribution < -0.4 is 5.32 Å². The summed E-state index contributed by atoms with van der Waals surface area (Å²) in [5.41, 5.74) is 2.39. The van der Waals surface area contributed by atoms with Gasteiger partial charge in [-0.05, 0) is 25.5 Å². The number of hydrogen-bond donors (Lipinski definition) is 1. The number of rotatable bonds is 13. The number of nitrogens with one attached hydrogen (secondary N) is 1. The molecule has 0 aliphatic rings. The highest BCUT2D eigenvalue weighted by molar-refractivity contribution is 6.60. The Morgan fingerprint density at radius 2 is 1.71 bits per heavy atom. The van der Waals surface area contributed by atoms with Crippen molar-refractivity contribution in [2.45, 2.75) is 25.9 Å². The minimum atomic E-state index is -2.43. The van der Waals surface area contributed by atoms with Crippen LogP contribution in [0.2, 0.25) is 6.04 Å². The molecule has 1 rings (SSSR count). The summed E-state index contributed by atoms with van der Waals surface area (Å²) in [5.74, 6) is 0. The summed E-state index contributed by atoms with van der Waals surface area (Å²) in [6.07, 6.45) is 0.966. The molecule has 1 N–H and O–H groups in total. The molecule has 0 saturated heterocycles. The minimum absolute atomic E-state index is 0.817. The van der Waals surface area contributed by atoms with E-state index < -0.39 is 8.80 Å². The molecule has 0 bridgehead atoms. The van der Waals surface area contributed by atoms with Crippen LogP contribution >= 0.6 is 0 Å². The van der Waals surface area contributed by atoms with Gasteiger partial charge < -0.3 is 23.5 Å². The molecule has 0 amide bonds. The van der Waals surface area contributed by atoms with Gasteiger partial charge in [0.25, 0.3) is 0 Å². The Bertz CT molecular complexity index is 458. The van der Waals surface area contributed by atoms with Crippen LogP contribution in [0.4, 0.5) is 0 Å². The van der Waals surface area contributed by atoms with E-state index in [0.717, 1.165) is 44.3 Å². The topological polar surface area (TPSA) is 43.0 Å². The van der Waals surface area contributed by atoms with E-state index in [1.165, 1.54) is 5.56 Å². The molecule has 0 aromatic heterocycles. The highest BCUT2D eigenvalue weighted by Crippen LogP contribution is 2.14. The third kappa shape index (κ3) is 7.15. The van der Waals surface area contributed by atoms with Crippen LogP contribution in [0.3, 0.4) is 0 Å². The summed E-state index contributed by atoms with van der Waals surface area (Å²) in [6.45, 7) is 9.81. The van der Waals surface area contributed by atoms with Crippen molar-refractivity contribution in [2.24, 2.45) is 0 Å². The van der Waals surface area contributed by atoms with E-state index in [1.54, 1.807) is 21.3 Å². The molecule has 0 radical (unpaired) electrons. The summed E-state index contributed by atoms with van der Waals surface area (Å²) in [4.78, 5) is 2.29. The fourth-order valence-corrected chi connectivity index (χ4v) is 4.26. The molecule has 1 aromatic rings. The molecule has 0 fully saturated rings. The van der Waals surface area contributed by atoms with Crippen molar-refractivity contribution in [3.8, 4) is 0 Å². The average Bonchev–Trinajstić information content (AvgIpc) is 2.61. The normalized spacial score (nSPS) is 11.5. The maximum absolute atomic E-state index is 5.43. The van der Waals surface area contributed by atoms with Crippen molar-refractivity contribution in [3.05, 3.63) is 48.2 Å². The standard InChI is InChI=1S/C18H32N2O3Si/c1-17(2)20(16-18-10-7-6-8-11-18)14-13-19-12-9-15-24(21-3,22-4)23-5/h6-8,10-11,19H,1,9,12-16H2,2-5H3. The molecular formula is C18H32N2O3Si. The van der Waals surface area contributed by atoms with Crippen LogP contribution in [0.15, 0.2) is 42.6 Å². The van der Waals surface area contributed by atoms with Gasteiger partial charge in [0.1, 0.15) is 0 Å². The van der Waals surface area contributed by atoms with Gasteiger partial charge in [-0.3, -0.25) is 0 Å². The zero-order valence-electron chi connectivity index (χ0n) is 15.5. The summed E-state index contributed by atoms with van der Waals surface area (Å²) in [6, 6.07) is 11.3. The first kappa shape index (κ1) is 20.9. The lowest BCUT2D eigenvalue weighted by molar-refractivity contribution is 0.123. The molecular weight excluding hydrogens is 320 g/mol. The first-order chi connectivity index (χ1) is 11.6. The van der Waals surface area contributed by atoms with E-state index >= 15 is 0 Å². The molecule has 1 aromatic carbocycles. The number of benzene rings is 1. The van der Waals surface area contributed by atoms with Gasteiger partial charge in [0.15, 0.2) is 0 Å².